The lowest BCUT2D eigenvalue weighted by molar-refractivity contribution is 0.0137. The van der Waals surface area contributed by atoms with Gasteiger partial charge < -0.3 is 20.1 Å². The minimum Gasteiger partial charge on any atom is -0.495 e. The largest absolute Gasteiger partial charge is 0.495 e. The lowest BCUT2D eigenvalue weighted by Gasteiger charge is -2.40. The van der Waals surface area contributed by atoms with E-state index in [0.717, 1.165) is 52.2 Å². The number of piperazine rings is 1. The third-order valence-electron chi connectivity index (χ3n) is 4.79. The van der Waals surface area contributed by atoms with Crippen molar-refractivity contribution in [3.05, 3.63) is 23.8 Å². The van der Waals surface area contributed by atoms with Gasteiger partial charge in [0.15, 0.2) is 0 Å². The lowest BCUT2D eigenvalue weighted by atomic mass is 10.1. The van der Waals surface area contributed by atoms with Crippen LogP contribution in [0.2, 0.25) is 0 Å². The van der Waals surface area contributed by atoms with Crippen LogP contribution in [0.25, 0.3) is 0 Å². The van der Waals surface area contributed by atoms with E-state index in [9.17, 15) is 4.79 Å². The molecule has 0 saturated carbocycles. The molecule has 0 spiro atoms. The molecular formula is C17H25N3O3. The van der Waals surface area contributed by atoms with E-state index in [-0.39, 0.29) is 5.91 Å². The third-order valence-corrected chi connectivity index (χ3v) is 4.79. The summed E-state index contributed by atoms with van der Waals surface area (Å²) < 4.78 is 10.6. The molecule has 0 unspecified atom stereocenters. The Balaban J connectivity index is 1.59. The number of carbonyl (C=O) groups excluding carboxylic acids is 1. The molecule has 2 heterocycles. The SMILES string of the molecule is COc1cc(C(=O)N2CCN(C3CCOCC3)CC2)ccc1N. The molecule has 1 aromatic carbocycles. The standard InChI is InChI=1S/C17H25N3O3/c1-22-16-12-13(2-3-15(16)18)17(21)20-8-6-19(7-9-20)14-4-10-23-11-5-14/h2-3,12,14H,4-11,18H2,1H3. The molecule has 3 rings (SSSR count). The van der Waals surface area contributed by atoms with Gasteiger partial charge in [0, 0.05) is 51.0 Å². The molecule has 0 radical (unpaired) electrons. The Morgan fingerprint density at radius 3 is 2.57 bits per heavy atom. The van der Waals surface area contributed by atoms with Gasteiger partial charge in [-0.15, -0.1) is 0 Å². The fourth-order valence-electron chi connectivity index (χ4n) is 3.37. The smallest absolute Gasteiger partial charge is 0.254 e. The molecule has 6 heteroatoms. The first-order valence-electron chi connectivity index (χ1n) is 8.23. The number of carbonyl (C=O) groups is 1. The van der Waals surface area contributed by atoms with Crippen molar-refractivity contribution in [2.24, 2.45) is 0 Å². The maximum absolute atomic E-state index is 12.7. The van der Waals surface area contributed by atoms with E-state index in [2.05, 4.69) is 4.90 Å². The van der Waals surface area contributed by atoms with Gasteiger partial charge in [-0.1, -0.05) is 0 Å². The van der Waals surface area contributed by atoms with Crippen LogP contribution >= 0.6 is 0 Å². The fraction of sp³-hybridized carbons (Fsp3) is 0.588. The summed E-state index contributed by atoms with van der Waals surface area (Å²) in [6.45, 7) is 5.11. The van der Waals surface area contributed by atoms with Crippen molar-refractivity contribution in [2.75, 3.05) is 52.2 Å². The van der Waals surface area contributed by atoms with Crippen LogP contribution in [-0.2, 0) is 4.74 Å². The van der Waals surface area contributed by atoms with Crippen LogP contribution in [0.3, 0.4) is 0 Å². The first-order chi connectivity index (χ1) is 11.2. The van der Waals surface area contributed by atoms with Crippen molar-refractivity contribution in [3.63, 3.8) is 0 Å². The molecular weight excluding hydrogens is 294 g/mol. The highest BCUT2D eigenvalue weighted by atomic mass is 16.5. The molecule has 2 N–H and O–H groups in total. The topological polar surface area (TPSA) is 68.0 Å². The number of anilines is 1. The molecule has 0 bridgehead atoms. The highest BCUT2D eigenvalue weighted by molar-refractivity contribution is 5.95. The van der Waals surface area contributed by atoms with Gasteiger partial charge in [0.25, 0.3) is 5.91 Å². The fourth-order valence-corrected chi connectivity index (χ4v) is 3.37. The normalized spacial score (nSPS) is 20.5. The van der Waals surface area contributed by atoms with E-state index >= 15 is 0 Å². The van der Waals surface area contributed by atoms with E-state index in [1.54, 1.807) is 25.3 Å². The van der Waals surface area contributed by atoms with E-state index in [4.69, 9.17) is 15.2 Å². The average molecular weight is 319 g/mol. The van der Waals surface area contributed by atoms with Crippen LogP contribution in [0.15, 0.2) is 18.2 Å². The predicted octanol–water partition coefficient (Wildman–Crippen LogP) is 1.21. The van der Waals surface area contributed by atoms with Crippen molar-refractivity contribution < 1.29 is 14.3 Å². The molecule has 6 nitrogen and oxygen atoms in total. The van der Waals surface area contributed by atoms with Crippen LogP contribution in [0, 0.1) is 0 Å². The number of nitrogens with two attached hydrogens (primary N) is 1. The summed E-state index contributed by atoms with van der Waals surface area (Å²) in [5, 5.41) is 0. The molecule has 1 aromatic rings. The Kier molecular flexibility index (Phi) is 5.03. The van der Waals surface area contributed by atoms with Crippen LogP contribution in [0.5, 0.6) is 5.75 Å². The van der Waals surface area contributed by atoms with Crippen molar-refractivity contribution in [1.29, 1.82) is 0 Å². The second-order valence-corrected chi connectivity index (χ2v) is 6.13. The predicted molar refractivity (Wildman–Crippen MR) is 88.7 cm³/mol. The zero-order chi connectivity index (χ0) is 16.2. The van der Waals surface area contributed by atoms with Gasteiger partial charge in [-0.2, -0.15) is 0 Å². The molecule has 2 aliphatic rings. The lowest BCUT2D eigenvalue weighted by Crippen LogP contribution is -2.53. The molecule has 2 fully saturated rings. The molecule has 2 aliphatic heterocycles. The first-order valence-corrected chi connectivity index (χ1v) is 8.23. The van der Waals surface area contributed by atoms with Gasteiger partial charge in [-0.25, -0.2) is 0 Å². The summed E-state index contributed by atoms with van der Waals surface area (Å²) in [5.41, 5.74) is 7.00. The van der Waals surface area contributed by atoms with Crippen molar-refractivity contribution in [3.8, 4) is 5.75 Å². The molecule has 0 atom stereocenters. The number of hydrogen-bond donors (Lipinski definition) is 1. The number of nitrogens with zero attached hydrogens (tertiary/aromatic N) is 2. The van der Waals surface area contributed by atoms with Gasteiger partial charge in [0.2, 0.25) is 0 Å². The maximum Gasteiger partial charge on any atom is 0.254 e. The van der Waals surface area contributed by atoms with Crippen molar-refractivity contribution >= 4 is 11.6 Å². The van der Waals surface area contributed by atoms with E-state index < -0.39 is 0 Å². The third kappa shape index (κ3) is 3.59. The highest BCUT2D eigenvalue weighted by Crippen LogP contribution is 2.24. The monoisotopic (exact) mass is 319 g/mol. The minimum atomic E-state index is 0.0509. The van der Waals surface area contributed by atoms with Crippen LogP contribution in [0.1, 0.15) is 23.2 Å². The summed E-state index contributed by atoms with van der Waals surface area (Å²) >= 11 is 0. The highest BCUT2D eigenvalue weighted by Gasteiger charge is 2.27. The van der Waals surface area contributed by atoms with E-state index in [0.29, 0.717) is 23.0 Å². The number of hydrogen-bond acceptors (Lipinski definition) is 5. The Labute approximate surface area is 137 Å². The molecule has 1 amide bonds. The van der Waals surface area contributed by atoms with Crippen LogP contribution in [-0.4, -0.2) is 68.3 Å². The Bertz CT molecular complexity index is 550. The maximum atomic E-state index is 12.7. The second kappa shape index (κ2) is 7.19. The first kappa shape index (κ1) is 16.1. The number of nitrogen functional groups attached to an aromatic ring is 1. The summed E-state index contributed by atoms with van der Waals surface area (Å²) in [5.74, 6) is 0.603. The van der Waals surface area contributed by atoms with Crippen molar-refractivity contribution in [2.45, 2.75) is 18.9 Å². The molecule has 0 aromatic heterocycles. The minimum absolute atomic E-state index is 0.0509. The molecule has 126 valence electrons. The van der Waals surface area contributed by atoms with Gasteiger partial charge in [-0.3, -0.25) is 9.69 Å². The summed E-state index contributed by atoms with van der Waals surface area (Å²) in [6, 6.07) is 5.83. The van der Waals surface area contributed by atoms with E-state index in [1.807, 2.05) is 4.90 Å². The Morgan fingerprint density at radius 1 is 1.22 bits per heavy atom. The van der Waals surface area contributed by atoms with Gasteiger partial charge in [0.1, 0.15) is 5.75 Å². The number of methoxy groups -OCH3 is 1. The molecule has 0 aliphatic carbocycles. The van der Waals surface area contributed by atoms with Gasteiger partial charge in [-0.05, 0) is 31.0 Å². The van der Waals surface area contributed by atoms with Crippen LogP contribution in [0.4, 0.5) is 5.69 Å². The quantitative estimate of drug-likeness (QED) is 0.848. The molecule has 23 heavy (non-hydrogen) atoms. The summed E-state index contributed by atoms with van der Waals surface area (Å²) in [6.07, 6.45) is 2.20. The zero-order valence-electron chi connectivity index (χ0n) is 13.7. The number of benzene rings is 1. The number of rotatable bonds is 3. The van der Waals surface area contributed by atoms with E-state index in [1.165, 1.54) is 0 Å². The van der Waals surface area contributed by atoms with Crippen LogP contribution < -0.4 is 10.5 Å². The molecule has 2 saturated heterocycles. The van der Waals surface area contributed by atoms with Gasteiger partial charge >= 0.3 is 0 Å². The average Bonchev–Trinajstić information content (AvgIpc) is 2.62. The number of ether oxygens (including phenoxy) is 2. The second-order valence-electron chi connectivity index (χ2n) is 6.13. The Morgan fingerprint density at radius 2 is 1.91 bits per heavy atom. The Hall–Kier alpha value is -1.79. The number of amides is 1. The summed E-state index contributed by atoms with van der Waals surface area (Å²) in [7, 11) is 1.56. The van der Waals surface area contributed by atoms with Gasteiger partial charge in [0.05, 0.1) is 12.8 Å². The zero-order valence-corrected chi connectivity index (χ0v) is 13.7. The summed E-state index contributed by atoms with van der Waals surface area (Å²) in [4.78, 5) is 17.1. The van der Waals surface area contributed by atoms with Crippen molar-refractivity contribution in [1.82, 2.24) is 9.80 Å².